The summed E-state index contributed by atoms with van der Waals surface area (Å²) >= 11 is 0. The minimum absolute atomic E-state index is 0.0332. The number of pyridine rings is 1. The lowest BCUT2D eigenvalue weighted by Gasteiger charge is -2.58. The van der Waals surface area contributed by atoms with Crippen LogP contribution in [0.3, 0.4) is 0 Å². The Kier molecular flexibility index (Phi) is 7.01. The summed E-state index contributed by atoms with van der Waals surface area (Å²) in [6, 6.07) is 11.9. The molecule has 7 heteroatoms. The van der Waals surface area contributed by atoms with Gasteiger partial charge in [-0.25, -0.2) is 0 Å². The minimum atomic E-state index is -0.645. The van der Waals surface area contributed by atoms with Crippen LogP contribution in [0.25, 0.3) is 10.9 Å². The molecular formula is C30H37N2O5+. The van der Waals surface area contributed by atoms with Gasteiger partial charge in [-0.2, -0.15) is 0 Å². The molecule has 0 saturated carbocycles. The third-order valence-corrected chi connectivity index (χ3v) is 8.56. The number of fused-ring (bicyclic) bond motifs is 4. The molecule has 6 rings (SSSR count). The maximum absolute atomic E-state index is 12.0. The number of aromatic nitrogens is 1. The smallest absolute Gasteiger partial charge is 0.203 e. The number of aliphatic hydroxyl groups is 1. The molecule has 1 aromatic heterocycles. The molecule has 7 nitrogen and oxygen atoms in total. The number of rotatable bonds is 9. The van der Waals surface area contributed by atoms with Crippen LogP contribution in [0.2, 0.25) is 0 Å². The standard InChI is InChI=1S/C30H37N2O5/c1-6-20-18-32(17-19-13-27(35-3)30(37-5)28(14-19)36-4)12-10-21(20)15-26(32)29(33)23-9-11-31-25-8-7-22(34-2)16-24(23)25/h6-9,11,13-14,16,20-21,26,29,33H,1,10,12,15,17-18H2,2-5H3/q+1/t20-,21-,26-,29+,32?/m1/s1. The number of hydrogen-bond acceptors (Lipinski definition) is 6. The fraction of sp³-hybridized carbons (Fsp3) is 0.433. The van der Waals surface area contributed by atoms with Gasteiger partial charge in [-0.05, 0) is 47.9 Å². The monoisotopic (exact) mass is 505 g/mol. The number of hydrogen-bond donors (Lipinski definition) is 1. The van der Waals surface area contributed by atoms with E-state index in [-0.39, 0.29) is 6.04 Å². The molecule has 3 aromatic rings. The first kappa shape index (κ1) is 25.4. The lowest BCUT2D eigenvalue weighted by atomic mass is 9.71. The van der Waals surface area contributed by atoms with Crippen molar-refractivity contribution in [3.8, 4) is 23.0 Å². The zero-order valence-electron chi connectivity index (χ0n) is 22.1. The van der Waals surface area contributed by atoms with Crippen molar-refractivity contribution in [2.24, 2.45) is 11.8 Å². The average Bonchev–Trinajstić information content (AvgIpc) is 2.95. The molecule has 2 aromatic carbocycles. The summed E-state index contributed by atoms with van der Waals surface area (Å²) in [4.78, 5) is 4.53. The normalized spacial score (nSPS) is 25.5. The Morgan fingerprint density at radius 2 is 1.81 bits per heavy atom. The van der Waals surface area contributed by atoms with E-state index in [1.807, 2.05) is 36.4 Å². The molecule has 1 unspecified atom stereocenters. The van der Waals surface area contributed by atoms with Crippen LogP contribution in [0, 0.1) is 11.8 Å². The highest BCUT2D eigenvalue weighted by Gasteiger charge is 2.54. The lowest BCUT2D eigenvalue weighted by Crippen LogP contribution is -2.67. The summed E-state index contributed by atoms with van der Waals surface area (Å²) in [7, 11) is 6.56. The molecular weight excluding hydrogens is 468 g/mol. The second-order valence-corrected chi connectivity index (χ2v) is 10.3. The largest absolute Gasteiger partial charge is 0.497 e. The quantitative estimate of drug-likeness (QED) is 0.329. The molecule has 3 aliphatic heterocycles. The van der Waals surface area contributed by atoms with Crippen molar-refractivity contribution in [2.45, 2.75) is 31.5 Å². The predicted octanol–water partition coefficient (Wildman–Crippen LogP) is 4.91. The number of aliphatic hydroxyl groups excluding tert-OH is 1. The maximum atomic E-state index is 12.0. The molecule has 0 radical (unpaired) electrons. The van der Waals surface area contributed by atoms with Crippen LogP contribution in [-0.2, 0) is 6.54 Å². The average molecular weight is 506 g/mol. The van der Waals surface area contributed by atoms with Crippen LogP contribution < -0.4 is 18.9 Å². The van der Waals surface area contributed by atoms with Gasteiger partial charge in [-0.15, -0.1) is 6.58 Å². The zero-order chi connectivity index (χ0) is 26.2. The topological polar surface area (TPSA) is 70.0 Å². The van der Waals surface area contributed by atoms with Crippen LogP contribution >= 0.6 is 0 Å². The van der Waals surface area contributed by atoms with Crippen molar-refractivity contribution in [1.82, 2.24) is 4.98 Å². The summed E-state index contributed by atoms with van der Waals surface area (Å²) in [6.07, 6.45) is 5.32. The van der Waals surface area contributed by atoms with Gasteiger partial charge >= 0.3 is 0 Å². The van der Waals surface area contributed by atoms with Crippen molar-refractivity contribution in [3.63, 3.8) is 0 Å². The Hall–Kier alpha value is -3.29. The van der Waals surface area contributed by atoms with Gasteiger partial charge in [0.05, 0.1) is 47.0 Å². The van der Waals surface area contributed by atoms with Crippen molar-refractivity contribution in [1.29, 1.82) is 0 Å². The fourth-order valence-electron chi connectivity index (χ4n) is 6.71. The molecule has 5 atom stereocenters. The Morgan fingerprint density at radius 1 is 1.05 bits per heavy atom. The molecule has 3 fully saturated rings. The molecule has 37 heavy (non-hydrogen) atoms. The highest BCUT2D eigenvalue weighted by atomic mass is 16.5. The highest BCUT2D eigenvalue weighted by Crippen LogP contribution is 2.49. The molecule has 3 saturated heterocycles. The van der Waals surface area contributed by atoms with E-state index in [0.29, 0.717) is 29.1 Å². The van der Waals surface area contributed by atoms with Crippen LogP contribution in [0.4, 0.5) is 0 Å². The summed E-state index contributed by atoms with van der Waals surface area (Å²) in [5.74, 6) is 3.59. The molecule has 0 spiro atoms. The Labute approximate surface area is 218 Å². The van der Waals surface area contributed by atoms with E-state index in [1.165, 1.54) is 0 Å². The van der Waals surface area contributed by atoms with Crippen molar-refractivity contribution in [2.75, 3.05) is 41.5 Å². The number of benzene rings is 2. The second-order valence-electron chi connectivity index (χ2n) is 10.3. The Balaban J connectivity index is 1.57. The number of nitrogens with zero attached hydrogens (tertiary/aromatic N) is 2. The van der Waals surface area contributed by atoms with Crippen molar-refractivity contribution < 1.29 is 28.5 Å². The first-order valence-electron chi connectivity index (χ1n) is 12.8. The molecule has 2 bridgehead atoms. The summed E-state index contributed by atoms with van der Waals surface area (Å²) in [5.41, 5.74) is 2.85. The van der Waals surface area contributed by atoms with Gasteiger partial charge in [0.25, 0.3) is 0 Å². The van der Waals surface area contributed by atoms with E-state index in [2.05, 4.69) is 17.6 Å². The van der Waals surface area contributed by atoms with E-state index in [1.54, 1.807) is 34.6 Å². The fourth-order valence-corrected chi connectivity index (χ4v) is 6.71. The van der Waals surface area contributed by atoms with Gasteiger partial charge in [0.15, 0.2) is 11.5 Å². The molecule has 3 aliphatic rings. The highest BCUT2D eigenvalue weighted by molar-refractivity contribution is 5.83. The van der Waals surface area contributed by atoms with Gasteiger partial charge in [0, 0.05) is 35.9 Å². The van der Waals surface area contributed by atoms with Gasteiger partial charge < -0.3 is 28.5 Å². The van der Waals surface area contributed by atoms with Crippen LogP contribution in [-0.4, -0.2) is 62.1 Å². The number of ether oxygens (including phenoxy) is 4. The zero-order valence-corrected chi connectivity index (χ0v) is 22.1. The van der Waals surface area contributed by atoms with E-state index in [4.69, 9.17) is 18.9 Å². The second kappa shape index (κ2) is 10.2. The van der Waals surface area contributed by atoms with E-state index >= 15 is 0 Å². The van der Waals surface area contributed by atoms with Crippen LogP contribution in [0.1, 0.15) is 30.1 Å². The first-order chi connectivity index (χ1) is 18.0. The summed E-state index contributed by atoms with van der Waals surface area (Å²) < 4.78 is 23.1. The molecule has 1 N–H and O–H groups in total. The number of piperidine rings is 3. The van der Waals surface area contributed by atoms with Gasteiger partial charge in [0.1, 0.15) is 24.4 Å². The third kappa shape index (κ3) is 4.40. The van der Waals surface area contributed by atoms with E-state index in [0.717, 1.165) is 64.7 Å². The maximum Gasteiger partial charge on any atom is 0.203 e. The Bertz CT molecular complexity index is 1270. The van der Waals surface area contributed by atoms with Crippen LogP contribution in [0.15, 0.2) is 55.3 Å². The molecule has 4 heterocycles. The van der Waals surface area contributed by atoms with Gasteiger partial charge in [-0.3, -0.25) is 4.98 Å². The molecule has 196 valence electrons. The van der Waals surface area contributed by atoms with Crippen LogP contribution in [0.5, 0.6) is 23.0 Å². The van der Waals surface area contributed by atoms with E-state index in [9.17, 15) is 5.11 Å². The molecule has 0 amide bonds. The third-order valence-electron chi connectivity index (χ3n) is 8.56. The number of quaternary nitrogens is 1. The van der Waals surface area contributed by atoms with Gasteiger partial charge in [-0.1, -0.05) is 6.08 Å². The van der Waals surface area contributed by atoms with E-state index < -0.39 is 6.10 Å². The Morgan fingerprint density at radius 3 is 2.46 bits per heavy atom. The predicted molar refractivity (Wildman–Crippen MR) is 143 cm³/mol. The number of methoxy groups -OCH3 is 4. The van der Waals surface area contributed by atoms with Gasteiger partial charge in [0.2, 0.25) is 5.75 Å². The SMILES string of the molecule is C=C[C@@H]1C[N+]2(Cc3cc(OC)c(OC)c(OC)c3)CC[C@@H]1C[C@@H]2[C@@H](O)c1ccnc2ccc(OC)cc12. The first-order valence-corrected chi connectivity index (χ1v) is 12.8. The lowest BCUT2D eigenvalue weighted by molar-refractivity contribution is -0.984. The molecule has 0 aliphatic carbocycles. The summed E-state index contributed by atoms with van der Waals surface area (Å²) in [5, 5.41) is 13.0. The minimum Gasteiger partial charge on any atom is -0.497 e. The van der Waals surface area contributed by atoms with Crippen molar-refractivity contribution >= 4 is 10.9 Å². The van der Waals surface area contributed by atoms with Crippen molar-refractivity contribution in [3.05, 3.63) is 66.4 Å². The summed E-state index contributed by atoms with van der Waals surface area (Å²) in [6.45, 7) is 6.85.